The van der Waals surface area contributed by atoms with Crippen molar-refractivity contribution < 1.29 is 9.84 Å². The van der Waals surface area contributed by atoms with Crippen LogP contribution in [0.4, 0.5) is 0 Å². The zero-order valence-corrected chi connectivity index (χ0v) is 13.7. The average Bonchev–Trinajstić information content (AvgIpc) is 2.57. The summed E-state index contributed by atoms with van der Waals surface area (Å²) in [7, 11) is 0. The van der Waals surface area contributed by atoms with Gasteiger partial charge in [-0.3, -0.25) is 14.3 Å². The van der Waals surface area contributed by atoms with E-state index >= 15 is 0 Å². The van der Waals surface area contributed by atoms with E-state index in [9.17, 15) is 9.90 Å². The molecule has 6 nitrogen and oxygen atoms in total. The Hall–Kier alpha value is -1.83. The Morgan fingerprint density at radius 3 is 3.04 bits per heavy atom. The van der Waals surface area contributed by atoms with Gasteiger partial charge in [0.25, 0.3) is 5.56 Å². The van der Waals surface area contributed by atoms with E-state index < -0.39 is 6.10 Å². The predicted octanol–water partition coefficient (Wildman–Crippen LogP) is 2.03. The molecule has 118 valence electrons. The van der Waals surface area contributed by atoms with Gasteiger partial charge in [0, 0.05) is 34.2 Å². The summed E-state index contributed by atoms with van der Waals surface area (Å²) in [5.74, 6) is 0. The van der Waals surface area contributed by atoms with Crippen LogP contribution in [0.1, 0.15) is 12.5 Å². The Morgan fingerprint density at radius 1 is 1.35 bits per heavy atom. The maximum atomic E-state index is 12.9. The second-order valence-electron chi connectivity index (χ2n) is 5.63. The lowest BCUT2D eigenvalue weighted by Gasteiger charge is -2.29. The highest BCUT2D eigenvalue weighted by Gasteiger charge is 2.27. The largest absolute Gasteiger partial charge is 0.389 e. The summed E-state index contributed by atoms with van der Waals surface area (Å²) < 4.78 is 7.56. The van der Waals surface area contributed by atoms with Crippen molar-refractivity contribution in [3.05, 3.63) is 45.7 Å². The standard InChI is InChI=1S/C16H14BrN3O3/c17-12-5-10-15(9-1-3-18-6-11(9)12)19-8-20(16(10)22)13-2-4-23-7-14(13)21/h1,3,5-6,8,13-14,21H,2,4,7H2/t13-,14-/m0/s1. The third-order valence-corrected chi connectivity index (χ3v) is 4.94. The SMILES string of the molecule is O=c1c2cc(Br)c3cnccc3c2ncn1[C@H]1CCOC[C@@H]1O. The number of hydrogen-bond acceptors (Lipinski definition) is 5. The fourth-order valence-electron chi connectivity index (χ4n) is 3.10. The average molecular weight is 376 g/mol. The van der Waals surface area contributed by atoms with E-state index in [1.807, 2.05) is 6.07 Å². The molecule has 1 aliphatic rings. The highest BCUT2D eigenvalue weighted by Crippen LogP contribution is 2.29. The van der Waals surface area contributed by atoms with E-state index in [0.717, 1.165) is 15.2 Å². The smallest absolute Gasteiger partial charge is 0.261 e. The molecule has 0 spiro atoms. The Morgan fingerprint density at radius 2 is 2.22 bits per heavy atom. The molecule has 0 aliphatic carbocycles. The van der Waals surface area contributed by atoms with Gasteiger partial charge < -0.3 is 9.84 Å². The number of ether oxygens (including phenoxy) is 1. The van der Waals surface area contributed by atoms with Crippen LogP contribution in [0.25, 0.3) is 21.7 Å². The van der Waals surface area contributed by atoms with E-state index in [0.29, 0.717) is 23.9 Å². The van der Waals surface area contributed by atoms with Crippen molar-refractivity contribution in [1.29, 1.82) is 0 Å². The number of pyridine rings is 1. The summed E-state index contributed by atoms with van der Waals surface area (Å²) in [5, 5.41) is 12.4. The van der Waals surface area contributed by atoms with E-state index in [4.69, 9.17) is 4.74 Å². The van der Waals surface area contributed by atoms with E-state index in [1.165, 1.54) is 10.9 Å². The molecule has 4 rings (SSSR count). The number of aliphatic hydroxyl groups excluding tert-OH is 1. The molecule has 0 radical (unpaired) electrons. The normalized spacial score (nSPS) is 21.8. The van der Waals surface area contributed by atoms with Crippen molar-refractivity contribution in [2.75, 3.05) is 13.2 Å². The monoisotopic (exact) mass is 375 g/mol. The third-order valence-electron chi connectivity index (χ3n) is 4.28. The lowest BCUT2D eigenvalue weighted by molar-refractivity contribution is -0.0395. The fourth-order valence-corrected chi connectivity index (χ4v) is 3.64. The van der Waals surface area contributed by atoms with Crippen LogP contribution < -0.4 is 5.56 Å². The second kappa shape index (κ2) is 5.67. The maximum absolute atomic E-state index is 12.9. The molecule has 3 aromatic rings. The highest BCUT2D eigenvalue weighted by atomic mass is 79.9. The number of benzene rings is 1. The number of aliphatic hydroxyl groups is 1. The molecule has 1 fully saturated rings. The van der Waals surface area contributed by atoms with Gasteiger partial charge in [-0.1, -0.05) is 15.9 Å². The van der Waals surface area contributed by atoms with Crippen LogP contribution in [0.3, 0.4) is 0 Å². The molecule has 1 saturated heterocycles. The molecule has 2 atom stereocenters. The summed E-state index contributed by atoms with van der Waals surface area (Å²) in [5.41, 5.74) is 0.494. The van der Waals surface area contributed by atoms with E-state index in [1.54, 1.807) is 18.5 Å². The van der Waals surface area contributed by atoms with Crippen LogP contribution in [-0.4, -0.2) is 39.0 Å². The van der Waals surface area contributed by atoms with Crippen molar-refractivity contribution >= 4 is 37.6 Å². The van der Waals surface area contributed by atoms with Crippen LogP contribution in [0.2, 0.25) is 0 Å². The van der Waals surface area contributed by atoms with Crippen molar-refractivity contribution in [1.82, 2.24) is 14.5 Å². The molecule has 0 bridgehead atoms. The minimum absolute atomic E-state index is 0.152. The zero-order valence-electron chi connectivity index (χ0n) is 12.1. The Bertz CT molecular complexity index is 956. The molecule has 2 aromatic heterocycles. The van der Waals surface area contributed by atoms with Crippen molar-refractivity contribution in [3.63, 3.8) is 0 Å². The number of halogens is 1. The van der Waals surface area contributed by atoms with Gasteiger partial charge in [-0.25, -0.2) is 4.98 Å². The Kier molecular flexibility index (Phi) is 3.63. The molecule has 0 saturated carbocycles. The molecule has 1 aromatic carbocycles. The molecular formula is C16H14BrN3O3. The molecule has 1 N–H and O–H groups in total. The van der Waals surface area contributed by atoms with Crippen LogP contribution >= 0.6 is 15.9 Å². The first kappa shape index (κ1) is 14.7. The van der Waals surface area contributed by atoms with Gasteiger partial charge in [0.1, 0.15) is 0 Å². The number of aromatic nitrogens is 3. The number of nitrogens with zero attached hydrogens (tertiary/aromatic N) is 3. The van der Waals surface area contributed by atoms with E-state index in [2.05, 4.69) is 25.9 Å². The predicted molar refractivity (Wildman–Crippen MR) is 89.5 cm³/mol. The van der Waals surface area contributed by atoms with Crippen LogP contribution in [0, 0.1) is 0 Å². The molecule has 1 aliphatic heterocycles. The molecule has 7 heteroatoms. The summed E-state index contributed by atoms with van der Waals surface area (Å²) in [6, 6.07) is 3.32. The van der Waals surface area contributed by atoms with Gasteiger partial charge in [0.2, 0.25) is 0 Å². The first-order valence-electron chi connectivity index (χ1n) is 7.35. The Labute approximate surface area is 139 Å². The highest BCUT2D eigenvalue weighted by molar-refractivity contribution is 9.10. The molecule has 23 heavy (non-hydrogen) atoms. The minimum atomic E-state index is -0.700. The van der Waals surface area contributed by atoms with Crippen LogP contribution in [-0.2, 0) is 4.74 Å². The maximum Gasteiger partial charge on any atom is 0.261 e. The quantitative estimate of drug-likeness (QED) is 0.658. The number of fused-ring (bicyclic) bond motifs is 3. The lowest BCUT2D eigenvalue weighted by atomic mass is 10.1. The van der Waals surface area contributed by atoms with Gasteiger partial charge in [0.05, 0.1) is 36.0 Å². The fraction of sp³-hybridized carbons (Fsp3) is 0.312. The van der Waals surface area contributed by atoms with Crippen LogP contribution in [0.5, 0.6) is 0 Å². The van der Waals surface area contributed by atoms with Crippen molar-refractivity contribution in [3.8, 4) is 0 Å². The van der Waals surface area contributed by atoms with Crippen molar-refractivity contribution in [2.24, 2.45) is 0 Å². The molecule has 3 heterocycles. The number of hydrogen-bond donors (Lipinski definition) is 1. The van der Waals surface area contributed by atoms with E-state index in [-0.39, 0.29) is 18.2 Å². The van der Waals surface area contributed by atoms with Crippen molar-refractivity contribution in [2.45, 2.75) is 18.6 Å². The molecular weight excluding hydrogens is 362 g/mol. The minimum Gasteiger partial charge on any atom is -0.389 e. The Balaban J connectivity index is 1.98. The van der Waals surface area contributed by atoms with Gasteiger partial charge >= 0.3 is 0 Å². The third kappa shape index (κ3) is 2.36. The second-order valence-corrected chi connectivity index (χ2v) is 6.49. The summed E-state index contributed by atoms with van der Waals surface area (Å²) in [6.45, 7) is 0.765. The summed E-state index contributed by atoms with van der Waals surface area (Å²) in [6.07, 6.45) is 4.84. The topological polar surface area (TPSA) is 77.2 Å². The number of rotatable bonds is 1. The molecule has 0 amide bonds. The summed E-state index contributed by atoms with van der Waals surface area (Å²) in [4.78, 5) is 21.5. The van der Waals surface area contributed by atoms with Gasteiger partial charge in [-0.15, -0.1) is 0 Å². The summed E-state index contributed by atoms with van der Waals surface area (Å²) >= 11 is 3.50. The zero-order chi connectivity index (χ0) is 16.0. The van der Waals surface area contributed by atoms with Gasteiger partial charge in [-0.05, 0) is 18.6 Å². The van der Waals surface area contributed by atoms with Gasteiger partial charge in [0.15, 0.2) is 0 Å². The van der Waals surface area contributed by atoms with Gasteiger partial charge in [-0.2, -0.15) is 0 Å². The lowest BCUT2D eigenvalue weighted by Crippen LogP contribution is -2.39. The first-order chi connectivity index (χ1) is 11.2. The first-order valence-corrected chi connectivity index (χ1v) is 8.15. The van der Waals surface area contributed by atoms with Crippen LogP contribution in [0.15, 0.2) is 40.1 Å². The molecule has 0 unspecified atom stereocenters.